The fourth-order valence-electron chi connectivity index (χ4n) is 2.49. The molecule has 1 aliphatic rings. The molecule has 0 atom stereocenters. The van der Waals surface area contributed by atoms with Crippen LogP contribution in [0.5, 0.6) is 0 Å². The Morgan fingerprint density at radius 3 is 2.75 bits per heavy atom. The van der Waals surface area contributed by atoms with Gasteiger partial charge >= 0.3 is 0 Å². The molecule has 1 aromatic heterocycles. The van der Waals surface area contributed by atoms with Crippen LogP contribution in [0.15, 0.2) is 23.2 Å². The zero-order chi connectivity index (χ0) is 14.4. The summed E-state index contributed by atoms with van der Waals surface area (Å²) in [5.74, 6) is 0.442. The van der Waals surface area contributed by atoms with Crippen LogP contribution in [0.3, 0.4) is 0 Å². The van der Waals surface area contributed by atoms with Crippen molar-refractivity contribution in [1.82, 2.24) is 9.71 Å². The summed E-state index contributed by atoms with van der Waals surface area (Å²) in [5, 5.41) is 3.08. The standard InChI is InChI=1S/C14H23N3O2S/c1-2-10-15-14-13(9-6-11-16-14)20(18,19)17-12-7-4-3-5-8-12/h6,9,11-12,17H,2-5,7-8,10H2,1H3,(H,15,16). The predicted octanol–water partition coefficient (Wildman–Crippen LogP) is 2.51. The Bertz CT molecular complexity index is 525. The molecule has 2 rings (SSSR count). The molecule has 0 radical (unpaired) electrons. The van der Waals surface area contributed by atoms with E-state index in [0.29, 0.717) is 12.4 Å². The van der Waals surface area contributed by atoms with Crippen molar-refractivity contribution in [3.63, 3.8) is 0 Å². The quantitative estimate of drug-likeness (QED) is 0.846. The Hall–Kier alpha value is -1.14. The van der Waals surface area contributed by atoms with Crippen LogP contribution < -0.4 is 10.0 Å². The number of hydrogen-bond donors (Lipinski definition) is 2. The highest BCUT2D eigenvalue weighted by atomic mass is 32.2. The van der Waals surface area contributed by atoms with Crippen LogP contribution in [0.4, 0.5) is 5.82 Å². The first-order valence-electron chi connectivity index (χ1n) is 7.34. The highest BCUT2D eigenvalue weighted by Gasteiger charge is 2.24. The maximum atomic E-state index is 12.5. The van der Waals surface area contributed by atoms with Gasteiger partial charge in [-0.2, -0.15) is 0 Å². The second-order valence-electron chi connectivity index (χ2n) is 5.23. The third-order valence-corrected chi connectivity index (χ3v) is 5.08. The van der Waals surface area contributed by atoms with Gasteiger partial charge in [-0.25, -0.2) is 18.1 Å². The van der Waals surface area contributed by atoms with Crippen molar-refractivity contribution < 1.29 is 8.42 Å². The predicted molar refractivity (Wildman–Crippen MR) is 80.2 cm³/mol. The molecule has 0 amide bonds. The van der Waals surface area contributed by atoms with Gasteiger partial charge in [0.05, 0.1) is 0 Å². The number of hydrogen-bond acceptors (Lipinski definition) is 4. The van der Waals surface area contributed by atoms with Gasteiger partial charge in [0.2, 0.25) is 10.0 Å². The van der Waals surface area contributed by atoms with Crippen LogP contribution in [0.25, 0.3) is 0 Å². The third-order valence-electron chi connectivity index (χ3n) is 3.53. The first-order valence-corrected chi connectivity index (χ1v) is 8.83. The Labute approximate surface area is 121 Å². The van der Waals surface area contributed by atoms with Crippen molar-refractivity contribution in [2.75, 3.05) is 11.9 Å². The highest BCUT2D eigenvalue weighted by molar-refractivity contribution is 7.89. The van der Waals surface area contributed by atoms with Gasteiger partial charge < -0.3 is 5.32 Å². The number of sulfonamides is 1. The van der Waals surface area contributed by atoms with Crippen LogP contribution in [0.1, 0.15) is 45.4 Å². The summed E-state index contributed by atoms with van der Waals surface area (Å²) >= 11 is 0. The number of nitrogens with zero attached hydrogens (tertiary/aromatic N) is 1. The minimum absolute atomic E-state index is 0.0629. The van der Waals surface area contributed by atoms with Crippen molar-refractivity contribution in [3.05, 3.63) is 18.3 Å². The first kappa shape index (κ1) is 15.3. The fourth-order valence-corrected chi connectivity index (χ4v) is 3.93. The van der Waals surface area contributed by atoms with Crippen molar-refractivity contribution in [3.8, 4) is 0 Å². The maximum Gasteiger partial charge on any atom is 0.244 e. The lowest BCUT2D eigenvalue weighted by atomic mass is 9.96. The van der Waals surface area contributed by atoms with Gasteiger partial charge in [-0.1, -0.05) is 26.2 Å². The smallest absolute Gasteiger partial charge is 0.244 e. The lowest BCUT2D eigenvalue weighted by molar-refractivity contribution is 0.412. The van der Waals surface area contributed by atoms with Gasteiger partial charge in [0.1, 0.15) is 10.7 Å². The van der Waals surface area contributed by atoms with Crippen molar-refractivity contribution in [1.29, 1.82) is 0 Å². The fraction of sp³-hybridized carbons (Fsp3) is 0.643. The summed E-state index contributed by atoms with van der Waals surface area (Å²) in [6, 6.07) is 3.33. The van der Waals surface area contributed by atoms with Crippen LogP contribution in [-0.2, 0) is 10.0 Å². The molecule has 0 bridgehead atoms. The van der Waals surface area contributed by atoms with E-state index >= 15 is 0 Å². The number of aromatic nitrogens is 1. The summed E-state index contributed by atoms with van der Waals surface area (Å²) in [7, 11) is -3.50. The van der Waals surface area contributed by atoms with Crippen LogP contribution >= 0.6 is 0 Å². The molecule has 0 aliphatic heterocycles. The summed E-state index contributed by atoms with van der Waals surface area (Å²) < 4.78 is 27.8. The molecule has 112 valence electrons. The second kappa shape index (κ2) is 7.04. The Balaban J connectivity index is 2.15. The summed E-state index contributed by atoms with van der Waals surface area (Å²) in [6.07, 6.45) is 7.79. The van der Waals surface area contributed by atoms with Crippen LogP contribution in [0, 0.1) is 0 Å². The molecule has 2 N–H and O–H groups in total. The second-order valence-corrected chi connectivity index (χ2v) is 6.92. The monoisotopic (exact) mass is 297 g/mol. The van der Waals surface area contributed by atoms with E-state index in [9.17, 15) is 8.42 Å². The Kier molecular flexibility index (Phi) is 5.37. The summed E-state index contributed by atoms with van der Waals surface area (Å²) in [4.78, 5) is 4.39. The molecule has 20 heavy (non-hydrogen) atoms. The molecule has 1 saturated carbocycles. The molecule has 0 unspecified atom stereocenters. The number of pyridine rings is 1. The topological polar surface area (TPSA) is 71.1 Å². The number of anilines is 1. The molecular weight excluding hydrogens is 274 g/mol. The molecular formula is C14H23N3O2S. The van der Waals surface area contributed by atoms with Gasteiger partial charge in [-0.05, 0) is 31.4 Å². The average Bonchev–Trinajstić information content (AvgIpc) is 2.46. The molecule has 0 spiro atoms. The van der Waals surface area contributed by atoms with E-state index < -0.39 is 10.0 Å². The summed E-state index contributed by atoms with van der Waals surface area (Å²) in [5.41, 5.74) is 0. The average molecular weight is 297 g/mol. The SMILES string of the molecule is CCCNc1ncccc1S(=O)(=O)NC1CCCCC1. The minimum Gasteiger partial charge on any atom is -0.369 e. The van der Waals surface area contributed by atoms with Gasteiger partial charge in [-0.15, -0.1) is 0 Å². The largest absolute Gasteiger partial charge is 0.369 e. The lowest BCUT2D eigenvalue weighted by Gasteiger charge is -2.23. The van der Waals surface area contributed by atoms with Gasteiger partial charge in [0, 0.05) is 18.8 Å². The first-order chi connectivity index (χ1) is 9.63. The zero-order valence-corrected chi connectivity index (χ0v) is 12.7. The van der Waals surface area contributed by atoms with Gasteiger partial charge in [0.25, 0.3) is 0 Å². The van der Waals surface area contributed by atoms with E-state index in [0.717, 1.165) is 32.1 Å². The van der Waals surface area contributed by atoms with E-state index in [1.165, 1.54) is 6.42 Å². The van der Waals surface area contributed by atoms with Crippen LogP contribution in [0.2, 0.25) is 0 Å². The Morgan fingerprint density at radius 1 is 1.30 bits per heavy atom. The Morgan fingerprint density at radius 2 is 2.05 bits per heavy atom. The molecule has 1 aromatic rings. The zero-order valence-electron chi connectivity index (χ0n) is 11.9. The third kappa shape index (κ3) is 3.93. The number of rotatable bonds is 6. The normalized spacial score (nSPS) is 17.1. The molecule has 0 saturated heterocycles. The molecule has 6 heteroatoms. The van der Waals surface area contributed by atoms with Crippen molar-refractivity contribution in [2.24, 2.45) is 0 Å². The number of nitrogens with one attached hydrogen (secondary N) is 2. The van der Waals surface area contributed by atoms with Gasteiger partial charge in [0.15, 0.2) is 0 Å². The maximum absolute atomic E-state index is 12.5. The minimum atomic E-state index is -3.50. The van der Waals surface area contributed by atoms with Crippen LogP contribution in [-0.4, -0.2) is 26.0 Å². The van der Waals surface area contributed by atoms with E-state index in [4.69, 9.17) is 0 Å². The molecule has 0 aromatic carbocycles. The van der Waals surface area contributed by atoms with Crippen molar-refractivity contribution in [2.45, 2.75) is 56.4 Å². The molecule has 1 fully saturated rings. The van der Waals surface area contributed by atoms with Gasteiger partial charge in [-0.3, -0.25) is 0 Å². The molecule has 1 heterocycles. The van der Waals surface area contributed by atoms with E-state index in [1.54, 1.807) is 18.3 Å². The van der Waals surface area contributed by atoms with Crippen molar-refractivity contribution >= 4 is 15.8 Å². The van der Waals surface area contributed by atoms with E-state index in [-0.39, 0.29) is 10.9 Å². The highest BCUT2D eigenvalue weighted by Crippen LogP contribution is 2.22. The summed E-state index contributed by atoms with van der Waals surface area (Å²) in [6.45, 7) is 2.74. The van der Waals surface area contributed by atoms with E-state index in [1.807, 2.05) is 6.92 Å². The molecule has 5 nitrogen and oxygen atoms in total. The molecule has 1 aliphatic carbocycles. The lowest BCUT2D eigenvalue weighted by Crippen LogP contribution is -2.36. The van der Waals surface area contributed by atoms with E-state index in [2.05, 4.69) is 15.0 Å².